The van der Waals surface area contributed by atoms with Gasteiger partial charge in [-0.3, -0.25) is 4.79 Å². The molecule has 0 bridgehead atoms. The minimum atomic E-state index is -2.91. The Morgan fingerprint density at radius 2 is 1.87 bits per heavy atom. The third kappa shape index (κ3) is 5.03. The molecule has 2 aromatic rings. The van der Waals surface area contributed by atoms with Gasteiger partial charge in [0, 0.05) is 17.3 Å². The molecule has 0 saturated carbocycles. The molecule has 0 aromatic heterocycles. The summed E-state index contributed by atoms with van der Waals surface area (Å²) in [6.07, 6.45) is 2.37. The third-order valence-corrected chi connectivity index (χ3v) is 3.08. The van der Waals surface area contributed by atoms with Crippen molar-refractivity contribution in [1.82, 2.24) is 0 Å². The Bertz CT molecular complexity index is 698. The number of anilines is 1. The first-order valence-electron chi connectivity index (χ1n) is 6.43. The second-order valence-electron chi connectivity index (χ2n) is 4.36. The number of carbonyl (C=O) groups is 1. The van der Waals surface area contributed by atoms with Gasteiger partial charge in [0.2, 0.25) is 5.91 Å². The summed E-state index contributed by atoms with van der Waals surface area (Å²) in [6, 6.07) is 9.57. The first kappa shape index (κ1) is 16.9. The number of alkyl halides is 2. The summed E-state index contributed by atoms with van der Waals surface area (Å²) in [7, 11) is 0. The molecule has 3 nitrogen and oxygen atoms in total. The number of rotatable bonds is 5. The van der Waals surface area contributed by atoms with Gasteiger partial charge in [0.05, 0.1) is 5.02 Å². The summed E-state index contributed by atoms with van der Waals surface area (Å²) in [4.78, 5) is 11.8. The number of carbonyl (C=O) groups excluding carboxylic acids is 1. The fourth-order valence-electron chi connectivity index (χ4n) is 1.73. The van der Waals surface area contributed by atoms with Crippen molar-refractivity contribution in [3.63, 3.8) is 0 Å². The molecule has 0 heterocycles. The number of nitrogens with one attached hydrogen (secondary N) is 1. The van der Waals surface area contributed by atoms with Crippen LogP contribution in [0, 0.1) is 5.82 Å². The molecule has 0 saturated heterocycles. The largest absolute Gasteiger partial charge is 0.435 e. The van der Waals surface area contributed by atoms with Gasteiger partial charge in [-0.25, -0.2) is 4.39 Å². The molecule has 0 aliphatic heterocycles. The molecule has 2 rings (SSSR count). The quantitative estimate of drug-likeness (QED) is 0.798. The van der Waals surface area contributed by atoms with Crippen molar-refractivity contribution in [3.05, 3.63) is 64.9 Å². The molecule has 2 aromatic carbocycles. The molecule has 1 N–H and O–H groups in total. The van der Waals surface area contributed by atoms with Crippen LogP contribution in [-0.2, 0) is 4.79 Å². The minimum absolute atomic E-state index is 0.0216. The van der Waals surface area contributed by atoms with Crippen LogP contribution in [0.15, 0.2) is 48.5 Å². The van der Waals surface area contributed by atoms with E-state index in [9.17, 15) is 18.0 Å². The number of amides is 1. The third-order valence-electron chi connectivity index (χ3n) is 2.75. The molecule has 0 radical (unpaired) electrons. The van der Waals surface area contributed by atoms with E-state index in [2.05, 4.69) is 10.1 Å². The summed E-state index contributed by atoms with van der Waals surface area (Å²) < 4.78 is 41.8. The molecular weight excluding hydrogens is 331 g/mol. The molecule has 0 fully saturated rings. The second-order valence-corrected chi connectivity index (χ2v) is 4.77. The van der Waals surface area contributed by atoms with Gasteiger partial charge in [0.1, 0.15) is 11.6 Å². The molecule has 0 unspecified atom stereocenters. The number of ether oxygens (including phenoxy) is 1. The normalized spacial score (nSPS) is 11.0. The van der Waals surface area contributed by atoms with Crippen molar-refractivity contribution in [2.45, 2.75) is 6.61 Å². The van der Waals surface area contributed by atoms with Gasteiger partial charge in [-0.2, -0.15) is 8.78 Å². The summed E-state index contributed by atoms with van der Waals surface area (Å²) in [5.41, 5.74) is 0.478. The van der Waals surface area contributed by atoms with Crippen LogP contribution in [-0.4, -0.2) is 12.5 Å². The van der Waals surface area contributed by atoms with Crippen LogP contribution in [0.2, 0.25) is 5.02 Å². The molecular formula is C16H11ClF3NO2. The maximum absolute atomic E-state index is 13.5. The SMILES string of the molecule is O=C(/C=C/c1c(F)cccc1Cl)Nc1ccc(OC(F)F)cc1. The van der Waals surface area contributed by atoms with E-state index < -0.39 is 18.3 Å². The van der Waals surface area contributed by atoms with Gasteiger partial charge in [-0.15, -0.1) is 0 Å². The lowest BCUT2D eigenvalue weighted by atomic mass is 10.2. The van der Waals surface area contributed by atoms with Gasteiger partial charge in [-0.1, -0.05) is 17.7 Å². The Hall–Kier alpha value is -2.47. The van der Waals surface area contributed by atoms with Crippen molar-refractivity contribution >= 4 is 29.3 Å². The molecule has 0 aliphatic rings. The number of hydrogen-bond donors (Lipinski definition) is 1. The highest BCUT2D eigenvalue weighted by molar-refractivity contribution is 6.32. The summed E-state index contributed by atoms with van der Waals surface area (Å²) in [5.74, 6) is -1.09. The van der Waals surface area contributed by atoms with Crippen molar-refractivity contribution in [2.75, 3.05) is 5.32 Å². The van der Waals surface area contributed by atoms with Crippen LogP contribution >= 0.6 is 11.6 Å². The lowest BCUT2D eigenvalue weighted by molar-refractivity contribution is -0.111. The monoisotopic (exact) mass is 341 g/mol. The van der Waals surface area contributed by atoms with Crippen molar-refractivity contribution in [3.8, 4) is 5.75 Å². The van der Waals surface area contributed by atoms with Crippen LogP contribution in [0.5, 0.6) is 5.75 Å². The van der Waals surface area contributed by atoms with Gasteiger partial charge >= 0.3 is 6.61 Å². The van der Waals surface area contributed by atoms with Crippen molar-refractivity contribution in [2.24, 2.45) is 0 Å². The summed E-state index contributed by atoms with van der Waals surface area (Å²) in [6.45, 7) is -2.91. The average molecular weight is 342 g/mol. The molecule has 120 valence electrons. The van der Waals surface area contributed by atoms with Crippen molar-refractivity contribution in [1.29, 1.82) is 0 Å². The Morgan fingerprint density at radius 1 is 1.17 bits per heavy atom. The van der Waals surface area contributed by atoms with Crippen molar-refractivity contribution < 1.29 is 22.7 Å². The van der Waals surface area contributed by atoms with E-state index in [0.29, 0.717) is 5.69 Å². The van der Waals surface area contributed by atoms with E-state index in [1.807, 2.05) is 0 Å². The van der Waals surface area contributed by atoms with Crippen LogP contribution in [0.1, 0.15) is 5.56 Å². The number of hydrogen-bond acceptors (Lipinski definition) is 2. The molecule has 7 heteroatoms. The maximum atomic E-state index is 13.5. The molecule has 0 spiro atoms. The fraction of sp³-hybridized carbons (Fsp3) is 0.0625. The predicted molar refractivity (Wildman–Crippen MR) is 82.1 cm³/mol. The lowest BCUT2D eigenvalue weighted by Crippen LogP contribution is -2.08. The topological polar surface area (TPSA) is 38.3 Å². The van der Waals surface area contributed by atoms with E-state index in [1.165, 1.54) is 48.5 Å². The van der Waals surface area contributed by atoms with E-state index in [4.69, 9.17) is 11.6 Å². The van der Waals surface area contributed by atoms with E-state index in [-0.39, 0.29) is 16.3 Å². The fourth-order valence-corrected chi connectivity index (χ4v) is 1.96. The summed E-state index contributed by atoms with van der Waals surface area (Å²) >= 11 is 5.83. The van der Waals surface area contributed by atoms with E-state index in [1.54, 1.807) is 0 Å². The zero-order valence-electron chi connectivity index (χ0n) is 11.6. The highest BCUT2D eigenvalue weighted by Gasteiger charge is 2.06. The van der Waals surface area contributed by atoms with Gasteiger partial charge in [0.25, 0.3) is 0 Å². The Labute approximate surface area is 135 Å². The molecule has 0 atom stereocenters. The number of benzene rings is 2. The first-order chi connectivity index (χ1) is 11.0. The first-order valence-corrected chi connectivity index (χ1v) is 6.81. The second kappa shape index (κ2) is 7.69. The molecule has 1 amide bonds. The number of halogens is 4. The minimum Gasteiger partial charge on any atom is -0.435 e. The smallest absolute Gasteiger partial charge is 0.387 e. The highest BCUT2D eigenvalue weighted by Crippen LogP contribution is 2.21. The standard InChI is InChI=1S/C16H11ClF3NO2/c17-13-2-1-3-14(18)12(13)8-9-15(22)21-10-4-6-11(7-5-10)23-16(19)20/h1-9,16H,(H,21,22)/b9-8+. The van der Waals surface area contributed by atoms with Gasteiger partial charge < -0.3 is 10.1 Å². The molecule has 23 heavy (non-hydrogen) atoms. The Morgan fingerprint density at radius 3 is 2.48 bits per heavy atom. The maximum Gasteiger partial charge on any atom is 0.387 e. The van der Waals surface area contributed by atoms with Crippen LogP contribution in [0.4, 0.5) is 18.9 Å². The Balaban J connectivity index is 2.00. The predicted octanol–water partition coefficient (Wildman–Crippen LogP) is 4.73. The zero-order valence-corrected chi connectivity index (χ0v) is 12.4. The lowest BCUT2D eigenvalue weighted by Gasteiger charge is -2.06. The van der Waals surface area contributed by atoms with Crippen LogP contribution in [0.25, 0.3) is 6.08 Å². The van der Waals surface area contributed by atoms with Gasteiger partial charge in [0.15, 0.2) is 0 Å². The average Bonchev–Trinajstić information content (AvgIpc) is 2.48. The van der Waals surface area contributed by atoms with E-state index in [0.717, 1.165) is 6.08 Å². The Kier molecular flexibility index (Phi) is 5.65. The summed E-state index contributed by atoms with van der Waals surface area (Å²) in [5, 5.41) is 2.68. The highest BCUT2D eigenvalue weighted by atomic mass is 35.5. The molecule has 0 aliphatic carbocycles. The van der Waals surface area contributed by atoms with Gasteiger partial charge in [-0.05, 0) is 42.5 Å². The van der Waals surface area contributed by atoms with Crippen LogP contribution in [0.3, 0.4) is 0 Å². The zero-order chi connectivity index (χ0) is 16.8. The van der Waals surface area contributed by atoms with E-state index >= 15 is 0 Å². The van der Waals surface area contributed by atoms with Crippen LogP contribution < -0.4 is 10.1 Å².